The van der Waals surface area contributed by atoms with Crippen LogP contribution in [-0.2, 0) is 6.54 Å². The van der Waals surface area contributed by atoms with Crippen LogP contribution >= 0.6 is 0 Å². The number of likely N-dealkylation sites (tertiary alicyclic amines) is 1. The van der Waals surface area contributed by atoms with Gasteiger partial charge in [0, 0.05) is 19.1 Å². The Kier molecular flexibility index (Phi) is 3.97. The van der Waals surface area contributed by atoms with Gasteiger partial charge in [0.15, 0.2) is 0 Å². The van der Waals surface area contributed by atoms with E-state index in [1.54, 1.807) is 0 Å². The van der Waals surface area contributed by atoms with Gasteiger partial charge in [0.2, 0.25) is 0 Å². The fourth-order valence-corrected chi connectivity index (χ4v) is 2.58. The molecule has 0 aromatic heterocycles. The van der Waals surface area contributed by atoms with Crippen molar-refractivity contribution in [3.8, 4) is 0 Å². The predicted molar refractivity (Wildman–Crippen MR) is 68.3 cm³/mol. The van der Waals surface area contributed by atoms with Crippen molar-refractivity contribution < 1.29 is 0 Å². The van der Waals surface area contributed by atoms with E-state index in [0.29, 0.717) is 0 Å². The van der Waals surface area contributed by atoms with Gasteiger partial charge in [-0.25, -0.2) is 0 Å². The van der Waals surface area contributed by atoms with E-state index in [1.807, 2.05) is 7.05 Å². The molecular weight excluding hydrogens is 196 g/mol. The molecule has 1 N–H and O–H groups in total. The van der Waals surface area contributed by atoms with Crippen LogP contribution in [0.5, 0.6) is 0 Å². The second-order valence-corrected chi connectivity index (χ2v) is 4.85. The summed E-state index contributed by atoms with van der Waals surface area (Å²) in [6, 6.07) is 11.5. The van der Waals surface area contributed by atoms with E-state index >= 15 is 0 Å². The Labute approximate surface area is 98.7 Å². The molecule has 1 fully saturated rings. The fourth-order valence-electron chi connectivity index (χ4n) is 2.58. The van der Waals surface area contributed by atoms with Gasteiger partial charge in [-0.15, -0.1) is 0 Å². The van der Waals surface area contributed by atoms with E-state index in [-0.39, 0.29) is 0 Å². The molecule has 0 aliphatic carbocycles. The van der Waals surface area contributed by atoms with Gasteiger partial charge in [-0.3, -0.25) is 4.90 Å². The Morgan fingerprint density at radius 2 is 2.12 bits per heavy atom. The Balaban J connectivity index is 1.87. The highest BCUT2D eigenvalue weighted by molar-refractivity contribution is 5.15. The zero-order chi connectivity index (χ0) is 11.4. The Bertz CT molecular complexity index is 310. The molecule has 1 saturated heterocycles. The minimum absolute atomic E-state index is 0.752. The molecule has 2 heteroatoms. The Morgan fingerprint density at radius 1 is 1.38 bits per heavy atom. The smallest absolute Gasteiger partial charge is 0.0236 e. The van der Waals surface area contributed by atoms with Crippen LogP contribution in [0.2, 0.25) is 0 Å². The molecule has 16 heavy (non-hydrogen) atoms. The molecule has 2 nitrogen and oxygen atoms in total. The second kappa shape index (κ2) is 5.46. The molecule has 0 amide bonds. The lowest BCUT2D eigenvalue weighted by Crippen LogP contribution is -2.52. The van der Waals surface area contributed by atoms with Gasteiger partial charge in [-0.05, 0) is 31.5 Å². The maximum atomic E-state index is 3.27. The van der Waals surface area contributed by atoms with E-state index in [0.717, 1.165) is 25.0 Å². The summed E-state index contributed by atoms with van der Waals surface area (Å²) in [5.41, 5.74) is 1.43. The van der Waals surface area contributed by atoms with Gasteiger partial charge >= 0.3 is 0 Å². The summed E-state index contributed by atoms with van der Waals surface area (Å²) in [5, 5.41) is 3.27. The molecule has 1 aromatic carbocycles. The van der Waals surface area contributed by atoms with Crippen molar-refractivity contribution in [3.05, 3.63) is 35.9 Å². The fraction of sp³-hybridized carbons (Fsp3) is 0.571. The van der Waals surface area contributed by atoms with Gasteiger partial charge in [-0.1, -0.05) is 37.3 Å². The molecule has 1 heterocycles. The largest absolute Gasteiger partial charge is 0.319 e. The van der Waals surface area contributed by atoms with Crippen LogP contribution in [0, 0.1) is 5.92 Å². The highest BCUT2D eigenvalue weighted by atomic mass is 15.2. The zero-order valence-corrected chi connectivity index (χ0v) is 10.3. The number of benzene rings is 1. The topological polar surface area (TPSA) is 15.3 Å². The molecule has 88 valence electrons. The van der Waals surface area contributed by atoms with E-state index in [2.05, 4.69) is 47.5 Å². The summed E-state index contributed by atoms with van der Waals surface area (Å²) in [5.74, 6) is 0.752. The zero-order valence-electron chi connectivity index (χ0n) is 10.3. The third-order valence-corrected chi connectivity index (χ3v) is 3.59. The Hall–Kier alpha value is -0.860. The van der Waals surface area contributed by atoms with E-state index in [9.17, 15) is 0 Å². The van der Waals surface area contributed by atoms with Gasteiger partial charge in [0.25, 0.3) is 0 Å². The normalized spacial score (nSPS) is 22.8. The number of rotatable bonds is 5. The first-order valence-corrected chi connectivity index (χ1v) is 6.24. The average Bonchev–Trinajstić information content (AvgIpc) is 2.26. The summed E-state index contributed by atoms with van der Waals surface area (Å²) < 4.78 is 0. The minimum atomic E-state index is 0.752. The van der Waals surface area contributed by atoms with Gasteiger partial charge in [-0.2, -0.15) is 0 Å². The van der Waals surface area contributed by atoms with Crippen LogP contribution in [0.25, 0.3) is 0 Å². The van der Waals surface area contributed by atoms with Crippen molar-refractivity contribution >= 4 is 0 Å². The molecular formula is C14H22N2. The van der Waals surface area contributed by atoms with Crippen molar-refractivity contribution in [1.29, 1.82) is 0 Å². The molecule has 0 radical (unpaired) electrons. The van der Waals surface area contributed by atoms with Crippen molar-refractivity contribution in [2.45, 2.75) is 25.9 Å². The minimum Gasteiger partial charge on any atom is -0.319 e. The van der Waals surface area contributed by atoms with Crippen molar-refractivity contribution in [1.82, 2.24) is 10.2 Å². The number of nitrogens with one attached hydrogen (secondary N) is 1. The SMILES string of the molecule is CNCC(C)C1CCN1Cc1ccccc1. The summed E-state index contributed by atoms with van der Waals surface area (Å²) in [7, 11) is 2.04. The maximum Gasteiger partial charge on any atom is 0.0236 e. The molecule has 0 spiro atoms. The summed E-state index contributed by atoms with van der Waals surface area (Å²) in [6.45, 7) is 5.83. The van der Waals surface area contributed by atoms with Gasteiger partial charge in [0.1, 0.15) is 0 Å². The van der Waals surface area contributed by atoms with Crippen LogP contribution in [0.1, 0.15) is 18.9 Å². The van der Waals surface area contributed by atoms with Crippen LogP contribution in [-0.4, -0.2) is 31.1 Å². The average molecular weight is 218 g/mol. The first kappa shape index (κ1) is 11.6. The first-order chi connectivity index (χ1) is 7.81. The Morgan fingerprint density at radius 3 is 2.69 bits per heavy atom. The predicted octanol–water partition coefficient (Wildman–Crippen LogP) is 2.12. The quantitative estimate of drug-likeness (QED) is 0.814. The molecule has 2 rings (SSSR count). The van der Waals surface area contributed by atoms with Crippen molar-refractivity contribution in [3.63, 3.8) is 0 Å². The summed E-state index contributed by atoms with van der Waals surface area (Å²) in [6.07, 6.45) is 1.36. The second-order valence-electron chi connectivity index (χ2n) is 4.85. The third-order valence-electron chi connectivity index (χ3n) is 3.59. The first-order valence-electron chi connectivity index (χ1n) is 6.24. The molecule has 0 saturated carbocycles. The van der Waals surface area contributed by atoms with Crippen LogP contribution in [0.4, 0.5) is 0 Å². The van der Waals surface area contributed by atoms with E-state index in [4.69, 9.17) is 0 Å². The van der Waals surface area contributed by atoms with Crippen molar-refractivity contribution in [2.75, 3.05) is 20.1 Å². The van der Waals surface area contributed by atoms with E-state index < -0.39 is 0 Å². The molecule has 0 bridgehead atoms. The number of nitrogens with zero attached hydrogens (tertiary/aromatic N) is 1. The van der Waals surface area contributed by atoms with Crippen molar-refractivity contribution in [2.24, 2.45) is 5.92 Å². The van der Waals surface area contributed by atoms with Crippen LogP contribution in [0.15, 0.2) is 30.3 Å². The molecule has 2 atom stereocenters. The number of hydrogen-bond donors (Lipinski definition) is 1. The molecule has 1 aromatic rings. The van der Waals surface area contributed by atoms with Gasteiger partial charge < -0.3 is 5.32 Å². The van der Waals surface area contributed by atoms with E-state index in [1.165, 1.54) is 18.5 Å². The molecule has 2 unspecified atom stereocenters. The summed E-state index contributed by atoms with van der Waals surface area (Å²) >= 11 is 0. The summed E-state index contributed by atoms with van der Waals surface area (Å²) in [4.78, 5) is 2.59. The van der Waals surface area contributed by atoms with Crippen LogP contribution in [0.3, 0.4) is 0 Å². The highest BCUT2D eigenvalue weighted by Crippen LogP contribution is 2.26. The lowest BCUT2D eigenvalue weighted by atomic mass is 9.90. The third kappa shape index (κ3) is 2.63. The van der Waals surface area contributed by atoms with Crippen LogP contribution < -0.4 is 5.32 Å². The molecule has 1 aliphatic rings. The lowest BCUT2D eigenvalue weighted by Gasteiger charge is -2.44. The number of hydrogen-bond acceptors (Lipinski definition) is 2. The monoisotopic (exact) mass is 218 g/mol. The molecule has 1 aliphatic heterocycles. The maximum absolute atomic E-state index is 3.27. The lowest BCUT2D eigenvalue weighted by molar-refractivity contribution is 0.0430. The van der Waals surface area contributed by atoms with Gasteiger partial charge in [0.05, 0.1) is 0 Å². The standard InChI is InChI=1S/C14H22N2/c1-12(10-15-2)14-8-9-16(14)11-13-6-4-3-5-7-13/h3-7,12,14-15H,8-11H2,1-2H3. The highest BCUT2D eigenvalue weighted by Gasteiger charge is 2.31.